The highest BCUT2D eigenvalue weighted by atomic mass is 19.1. The van der Waals surface area contributed by atoms with Crippen LogP contribution in [0, 0.1) is 31.1 Å². The molecule has 0 saturated carbocycles. The molecule has 33 heavy (non-hydrogen) atoms. The van der Waals surface area contributed by atoms with E-state index in [2.05, 4.69) is 9.83 Å². The Kier molecular flexibility index (Phi) is 4.93. The fourth-order valence-corrected chi connectivity index (χ4v) is 5.43. The van der Waals surface area contributed by atoms with Gasteiger partial charge < -0.3 is 4.79 Å². The van der Waals surface area contributed by atoms with Crippen LogP contribution in [0.4, 0.5) is 4.39 Å². The van der Waals surface area contributed by atoms with Crippen molar-refractivity contribution in [2.45, 2.75) is 39.0 Å². The molecule has 5 rings (SSSR count). The Morgan fingerprint density at radius 2 is 2.00 bits per heavy atom. The van der Waals surface area contributed by atoms with E-state index in [0.717, 1.165) is 28.8 Å². The lowest BCUT2D eigenvalue weighted by atomic mass is 9.58. The molecule has 2 heterocycles. The van der Waals surface area contributed by atoms with Crippen molar-refractivity contribution in [1.82, 2.24) is 15.0 Å². The summed E-state index contributed by atoms with van der Waals surface area (Å²) in [5.74, 6) is -0.263. The Hall–Kier alpha value is -3.72. The zero-order valence-electron chi connectivity index (χ0n) is 18.8. The molecule has 2 aliphatic carbocycles. The summed E-state index contributed by atoms with van der Waals surface area (Å²) in [6.45, 7) is 13.4. The fraction of sp³-hybridized carbons (Fsp3) is 0.296. The molecule has 0 spiro atoms. The van der Waals surface area contributed by atoms with Gasteiger partial charge in [-0.05, 0) is 49.4 Å². The molecular formula is C27H23FN4O. The first-order valence-electron chi connectivity index (χ1n) is 11.1. The Morgan fingerprint density at radius 3 is 2.73 bits per heavy atom. The maximum atomic E-state index is 14.9. The number of aromatic nitrogens is 3. The van der Waals surface area contributed by atoms with Crippen molar-refractivity contribution in [1.29, 1.82) is 0 Å². The topological polar surface area (TPSA) is 60.1 Å². The first-order valence-corrected chi connectivity index (χ1v) is 11.1. The fourth-order valence-electron chi connectivity index (χ4n) is 5.43. The Morgan fingerprint density at radius 1 is 1.21 bits per heavy atom. The summed E-state index contributed by atoms with van der Waals surface area (Å²) in [7, 11) is 0. The number of fused-ring (bicyclic) bond motifs is 3. The van der Waals surface area contributed by atoms with Crippen molar-refractivity contribution < 1.29 is 9.18 Å². The van der Waals surface area contributed by atoms with Crippen LogP contribution in [0.15, 0.2) is 54.5 Å². The lowest BCUT2D eigenvalue weighted by Crippen LogP contribution is -2.46. The molecule has 5 nitrogen and oxygen atoms in total. The normalized spacial score (nSPS) is 23.8. The lowest BCUT2D eigenvalue weighted by Gasteiger charge is -2.46. The second kappa shape index (κ2) is 7.70. The van der Waals surface area contributed by atoms with Crippen molar-refractivity contribution >= 4 is 5.78 Å². The summed E-state index contributed by atoms with van der Waals surface area (Å²) >= 11 is 0. The summed E-state index contributed by atoms with van der Waals surface area (Å²) in [6, 6.07) is 8.58. The quantitative estimate of drug-likeness (QED) is 0.496. The molecule has 164 valence electrons. The van der Waals surface area contributed by atoms with E-state index in [4.69, 9.17) is 16.5 Å². The van der Waals surface area contributed by atoms with Gasteiger partial charge in [0.2, 0.25) is 5.70 Å². The third-order valence-electron chi connectivity index (χ3n) is 7.08. The van der Waals surface area contributed by atoms with Gasteiger partial charge in [0.25, 0.3) is 0 Å². The lowest BCUT2D eigenvalue weighted by molar-refractivity contribution is -0.121. The van der Waals surface area contributed by atoms with Crippen molar-refractivity contribution in [3.8, 4) is 22.6 Å². The van der Waals surface area contributed by atoms with Crippen LogP contribution in [-0.4, -0.2) is 20.7 Å². The van der Waals surface area contributed by atoms with Crippen molar-refractivity contribution in [2.75, 3.05) is 0 Å². The van der Waals surface area contributed by atoms with Crippen LogP contribution in [-0.2, 0) is 16.6 Å². The molecule has 2 aliphatic rings. The van der Waals surface area contributed by atoms with Gasteiger partial charge in [0.1, 0.15) is 5.82 Å². The highest BCUT2D eigenvalue weighted by Gasteiger charge is 2.49. The molecule has 0 amide bonds. The largest absolute Gasteiger partial charge is 0.308 e. The molecule has 0 bridgehead atoms. The average Bonchev–Trinajstić information content (AvgIpc) is 2.81. The van der Waals surface area contributed by atoms with E-state index in [1.54, 1.807) is 36.7 Å². The highest BCUT2D eigenvalue weighted by molar-refractivity contribution is 6.00. The number of hydrogen-bond acceptors (Lipinski definition) is 4. The molecular weight excluding hydrogens is 415 g/mol. The number of nitrogens with zero attached hydrogens (tertiary/aromatic N) is 4. The smallest absolute Gasteiger partial charge is 0.226 e. The summed E-state index contributed by atoms with van der Waals surface area (Å²) in [5, 5.41) is 0. The van der Waals surface area contributed by atoms with Crippen LogP contribution in [0.3, 0.4) is 0 Å². The standard InChI is InChI=1S/C27H23FN4O/c1-15-11-17(14-30-13-15)26-31-23(18-7-5-6-8-21(18)28)19-9-10-20-16(2)24(33)22(29-4)12-27(20,3)25(19)32-26/h5-8,11-14,16,20H,9-10H2,1-3H3/t16-,20-,27-/m1/s1. The van der Waals surface area contributed by atoms with Crippen molar-refractivity contribution in [2.24, 2.45) is 11.8 Å². The van der Waals surface area contributed by atoms with E-state index in [1.807, 2.05) is 26.8 Å². The number of halogens is 1. The third-order valence-corrected chi connectivity index (χ3v) is 7.08. The van der Waals surface area contributed by atoms with Crippen LogP contribution in [0.25, 0.3) is 27.5 Å². The predicted octanol–water partition coefficient (Wildman–Crippen LogP) is 5.50. The van der Waals surface area contributed by atoms with Crippen LogP contribution < -0.4 is 0 Å². The molecule has 0 saturated heterocycles. The first kappa shape index (κ1) is 21.1. The number of allylic oxidation sites excluding steroid dienone is 2. The minimum atomic E-state index is -0.629. The Balaban J connectivity index is 1.84. The molecule has 2 aromatic heterocycles. The molecule has 0 aliphatic heterocycles. The molecule has 6 heteroatoms. The Labute approximate surface area is 192 Å². The number of hydrogen-bond donors (Lipinski definition) is 0. The zero-order chi connectivity index (χ0) is 23.3. The van der Waals surface area contributed by atoms with Gasteiger partial charge in [-0.1, -0.05) is 32.1 Å². The zero-order valence-corrected chi connectivity index (χ0v) is 18.8. The third kappa shape index (κ3) is 3.27. The maximum absolute atomic E-state index is 14.9. The Bertz CT molecular complexity index is 1370. The number of carbonyl (C=O) groups is 1. The van der Waals surface area contributed by atoms with E-state index >= 15 is 0 Å². The van der Waals surface area contributed by atoms with E-state index in [-0.39, 0.29) is 29.1 Å². The van der Waals surface area contributed by atoms with Gasteiger partial charge in [-0.25, -0.2) is 19.2 Å². The van der Waals surface area contributed by atoms with Crippen LogP contribution in [0.5, 0.6) is 0 Å². The van der Waals surface area contributed by atoms with E-state index in [9.17, 15) is 9.18 Å². The minimum absolute atomic E-state index is 0.00912. The van der Waals surface area contributed by atoms with E-state index in [0.29, 0.717) is 23.5 Å². The van der Waals surface area contributed by atoms with Crippen LogP contribution in [0.2, 0.25) is 0 Å². The molecule has 0 N–H and O–H groups in total. The summed E-state index contributed by atoms with van der Waals surface area (Å²) in [5.41, 5.74) is 3.88. The van der Waals surface area contributed by atoms with Gasteiger partial charge in [0.15, 0.2) is 11.6 Å². The van der Waals surface area contributed by atoms with Gasteiger partial charge in [0.05, 0.1) is 18.0 Å². The average molecular weight is 439 g/mol. The summed E-state index contributed by atoms with van der Waals surface area (Å²) < 4.78 is 14.9. The van der Waals surface area contributed by atoms with Crippen molar-refractivity contribution in [3.63, 3.8) is 0 Å². The van der Waals surface area contributed by atoms with Crippen LogP contribution >= 0.6 is 0 Å². The minimum Gasteiger partial charge on any atom is -0.308 e. The van der Waals surface area contributed by atoms with Gasteiger partial charge in [-0.3, -0.25) is 4.98 Å². The van der Waals surface area contributed by atoms with Gasteiger partial charge in [-0.15, -0.1) is 0 Å². The molecule has 0 fully saturated rings. The second-order valence-electron chi connectivity index (χ2n) is 9.18. The van der Waals surface area contributed by atoms with Gasteiger partial charge >= 0.3 is 0 Å². The number of aryl methyl sites for hydroxylation is 1. The number of pyridine rings is 1. The SMILES string of the molecule is [C-]#[N+]C1=C[C@@]2(C)c3nc(-c4cncc(C)c4)nc(-c4ccccc4F)c3CC[C@@H]2[C@@H](C)C1=O. The number of ketones is 1. The van der Waals surface area contributed by atoms with Gasteiger partial charge in [-0.2, -0.15) is 0 Å². The number of carbonyl (C=O) groups excluding carboxylic acids is 1. The van der Waals surface area contributed by atoms with E-state index < -0.39 is 5.41 Å². The summed E-state index contributed by atoms with van der Waals surface area (Å²) in [4.78, 5) is 30.4. The first-order chi connectivity index (χ1) is 15.8. The van der Waals surface area contributed by atoms with Gasteiger partial charge in [0, 0.05) is 40.4 Å². The monoisotopic (exact) mass is 438 g/mol. The maximum Gasteiger partial charge on any atom is 0.226 e. The molecule has 0 radical (unpaired) electrons. The molecule has 3 aromatic rings. The summed E-state index contributed by atoms with van der Waals surface area (Å²) in [6.07, 6.45) is 6.63. The molecule has 1 aromatic carbocycles. The number of rotatable bonds is 2. The molecule has 0 unspecified atom stereocenters. The second-order valence-corrected chi connectivity index (χ2v) is 9.18. The molecule has 3 atom stereocenters. The number of benzene rings is 1. The highest BCUT2D eigenvalue weighted by Crippen LogP contribution is 2.51. The van der Waals surface area contributed by atoms with E-state index in [1.165, 1.54) is 6.07 Å². The number of Topliss-reactive ketones (excluding diaryl/α,β-unsaturated/α-hetero) is 1. The van der Waals surface area contributed by atoms with Crippen LogP contribution in [0.1, 0.15) is 37.1 Å². The van der Waals surface area contributed by atoms with Crippen molar-refractivity contribution in [3.05, 3.63) is 88.6 Å². The predicted molar refractivity (Wildman–Crippen MR) is 123 cm³/mol.